The van der Waals surface area contributed by atoms with Crippen LogP contribution in [0.2, 0.25) is 0 Å². The van der Waals surface area contributed by atoms with E-state index in [0.29, 0.717) is 25.9 Å². The molecular weight excluding hydrogens is 731 g/mol. The number of sulfone groups is 1. The van der Waals surface area contributed by atoms with E-state index in [4.69, 9.17) is 15.1 Å². The molecule has 8 rings (SSSR count). The maximum absolute atomic E-state index is 12.7. The molecule has 54 heavy (non-hydrogen) atoms. The lowest BCUT2D eigenvalue weighted by molar-refractivity contribution is -0.128. The van der Waals surface area contributed by atoms with Crippen LogP contribution in [-0.4, -0.2) is 86.8 Å². The fourth-order valence-electron chi connectivity index (χ4n) is 8.97. The van der Waals surface area contributed by atoms with E-state index in [0.717, 1.165) is 75.6 Å². The number of nitriles is 1. The topological polar surface area (TPSA) is 197 Å². The van der Waals surface area contributed by atoms with Gasteiger partial charge in [0.25, 0.3) is 6.26 Å². The smallest absolute Gasteiger partial charge is 0.292 e. The molecule has 4 aliphatic carbocycles. The van der Waals surface area contributed by atoms with Crippen LogP contribution >= 0.6 is 0 Å². The monoisotopic (exact) mass is 781 g/mol. The lowest BCUT2D eigenvalue weighted by Gasteiger charge is -2.17. The quantitative estimate of drug-likeness (QED) is 0.414. The van der Waals surface area contributed by atoms with Crippen LogP contribution in [0.25, 0.3) is 0 Å². The van der Waals surface area contributed by atoms with Crippen LogP contribution in [0.1, 0.15) is 96.9 Å². The second-order valence-electron chi connectivity index (χ2n) is 15.3. The van der Waals surface area contributed by atoms with E-state index in [2.05, 4.69) is 17.4 Å². The lowest BCUT2D eigenvalue weighted by atomic mass is 9.98. The molecule has 0 radical (unpaired) electrons. The predicted molar refractivity (Wildman–Crippen MR) is 204 cm³/mol. The standard InChI is InChI=1S/C20H26N2O4S.C13H13NO.C6H12N2O3S/c1-13(23)22-9-8-16(11-22)27(25,26)12-19(24)21-20-17-6-2-4-14(17)10-15-5-3-7-18(15)20;14-8-15-13-11-5-1-3-9(11)7-10-4-2-6-12(10)13;1-5(9)8-3-2-6(4-8)12(7,10)11/h10,16H,2-9,11-12H2,1H3,(H,21,24);7H,1-6H2;6H,2-4H2,1H3,(H2,7,10,11). The number of fused-ring (bicyclic) bond motifs is 4. The van der Waals surface area contributed by atoms with E-state index in [9.17, 15) is 31.2 Å². The van der Waals surface area contributed by atoms with Crippen molar-refractivity contribution < 1.29 is 36.0 Å². The first-order valence-corrected chi connectivity index (χ1v) is 22.4. The molecule has 2 saturated heterocycles. The highest BCUT2D eigenvalue weighted by molar-refractivity contribution is 7.92. The Kier molecular flexibility index (Phi) is 12.0. The lowest BCUT2D eigenvalue weighted by Crippen LogP contribution is -2.34. The Morgan fingerprint density at radius 3 is 1.57 bits per heavy atom. The van der Waals surface area contributed by atoms with E-state index in [-0.39, 0.29) is 24.9 Å². The molecule has 2 fully saturated rings. The molecule has 2 aromatic rings. The van der Waals surface area contributed by atoms with E-state index in [1.54, 1.807) is 0 Å². The van der Waals surface area contributed by atoms with Crippen LogP contribution in [0.5, 0.6) is 5.75 Å². The number of nitrogens with zero attached hydrogens (tertiary/aromatic N) is 3. The number of rotatable bonds is 6. The van der Waals surface area contributed by atoms with Crippen LogP contribution in [0.15, 0.2) is 12.1 Å². The molecule has 0 aromatic heterocycles. The van der Waals surface area contributed by atoms with Gasteiger partial charge in [-0.25, -0.2) is 22.0 Å². The first-order valence-electron chi connectivity index (χ1n) is 19.1. The second-order valence-corrected chi connectivity index (χ2v) is 19.4. The van der Waals surface area contributed by atoms with E-state index in [1.165, 1.54) is 81.0 Å². The Balaban J connectivity index is 0.000000154. The van der Waals surface area contributed by atoms with E-state index >= 15 is 0 Å². The molecular formula is C39H51N5O8S2. The summed E-state index contributed by atoms with van der Waals surface area (Å²) in [6.45, 7) is 4.25. The molecule has 13 nitrogen and oxygen atoms in total. The van der Waals surface area contributed by atoms with Crippen molar-refractivity contribution in [1.29, 1.82) is 5.26 Å². The second kappa shape index (κ2) is 16.4. The van der Waals surface area contributed by atoms with Gasteiger partial charge in [-0.2, -0.15) is 0 Å². The number of carbonyl (C=O) groups is 3. The normalized spacial score (nSPS) is 20.8. The summed E-state index contributed by atoms with van der Waals surface area (Å²) < 4.78 is 52.2. The number of aryl methyl sites for hydroxylation is 4. The molecule has 0 saturated carbocycles. The number of carbonyl (C=O) groups excluding carboxylic acids is 3. The van der Waals surface area contributed by atoms with Gasteiger partial charge >= 0.3 is 0 Å². The fourth-order valence-corrected chi connectivity index (χ4v) is 11.3. The molecule has 2 atom stereocenters. The summed E-state index contributed by atoms with van der Waals surface area (Å²) in [5.74, 6) is -0.277. The Labute approximate surface area is 318 Å². The summed E-state index contributed by atoms with van der Waals surface area (Å²) in [5, 5.41) is 15.4. The van der Waals surface area contributed by atoms with E-state index in [1.807, 2.05) is 6.26 Å². The average Bonchev–Trinajstić information content (AvgIpc) is 3.96. The van der Waals surface area contributed by atoms with Gasteiger partial charge in [-0.05, 0) is 134 Å². The van der Waals surface area contributed by atoms with Crippen molar-refractivity contribution in [2.45, 2.75) is 114 Å². The molecule has 0 bridgehead atoms. The molecule has 2 aliphatic heterocycles. The molecule has 292 valence electrons. The van der Waals surface area contributed by atoms with Crippen LogP contribution in [0, 0.1) is 11.5 Å². The summed E-state index contributed by atoms with van der Waals surface area (Å²) >= 11 is 0. The van der Waals surface area contributed by atoms with Crippen molar-refractivity contribution in [3.8, 4) is 12.0 Å². The van der Waals surface area contributed by atoms with Gasteiger partial charge in [0.1, 0.15) is 11.5 Å². The van der Waals surface area contributed by atoms with Gasteiger partial charge in [-0.15, -0.1) is 5.26 Å². The summed E-state index contributed by atoms with van der Waals surface area (Å²) in [5.41, 5.74) is 11.3. The number of nitrogens with one attached hydrogen (secondary N) is 1. The minimum atomic E-state index is -3.58. The van der Waals surface area contributed by atoms with E-state index < -0.39 is 42.0 Å². The third kappa shape index (κ3) is 8.76. The largest absolute Gasteiger partial charge is 0.387 e. The molecule has 0 spiro atoms. The summed E-state index contributed by atoms with van der Waals surface area (Å²) in [7, 11) is -7.04. The van der Waals surface area contributed by atoms with Gasteiger partial charge in [0.05, 0.1) is 10.5 Å². The van der Waals surface area contributed by atoms with Gasteiger partial charge in [0, 0.05) is 45.7 Å². The minimum absolute atomic E-state index is 0.0962. The number of amides is 3. The number of ether oxygens (including phenoxy) is 1. The average molecular weight is 782 g/mol. The van der Waals surface area contributed by atoms with Crippen molar-refractivity contribution in [1.82, 2.24) is 9.80 Å². The molecule has 2 unspecified atom stereocenters. The number of hydrogen-bond acceptors (Lipinski definition) is 9. The van der Waals surface area contributed by atoms with Crippen molar-refractivity contribution in [2.24, 2.45) is 5.14 Å². The Morgan fingerprint density at radius 1 is 0.741 bits per heavy atom. The Bertz CT molecular complexity index is 2030. The van der Waals surface area contributed by atoms with Gasteiger partial charge in [0.2, 0.25) is 27.7 Å². The summed E-state index contributed by atoms with van der Waals surface area (Å²) in [4.78, 5) is 37.9. The number of primary sulfonamides is 1. The molecule has 2 heterocycles. The number of hydrogen-bond donors (Lipinski definition) is 2. The number of sulfonamides is 1. The SMILES string of the molecule is CC(=O)N1CCC(S(=O)(=O)CC(=O)Nc2c3c(cc4c2CCC4)CCC3)C1.CC(=O)N1CCC(S(N)(=O)=O)C1.N#COc1c2c(cc3c1CCC3)CCC2. The summed E-state index contributed by atoms with van der Waals surface area (Å²) in [6, 6.07) is 4.63. The van der Waals surface area contributed by atoms with Crippen LogP contribution < -0.4 is 15.2 Å². The fraction of sp³-hybridized carbons (Fsp3) is 0.590. The zero-order valence-electron chi connectivity index (χ0n) is 31.2. The Hall–Kier alpha value is -4.00. The number of nitrogens with two attached hydrogens (primary N) is 1. The van der Waals surface area contributed by atoms with Gasteiger partial charge in [0.15, 0.2) is 9.84 Å². The molecule has 15 heteroatoms. The van der Waals surface area contributed by atoms with Crippen molar-refractivity contribution in [3.63, 3.8) is 0 Å². The van der Waals surface area contributed by atoms with Crippen LogP contribution in [-0.2, 0) is 85.6 Å². The summed E-state index contributed by atoms with van der Waals surface area (Å²) in [6.07, 6.45) is 15.7. The molecule has 2 aromatic carbocycles. The first kappa shape index (κ1) is 39.7. The molecule has 6 aliphatic rings. The predicted octanol–water partition coefficient (Wildman–Crippen LogP) is 3.06. The number of likely N-dealkylation sites (tertiary alicyclic amines) is 2. The van der Waals surface area contributed by atoms with Gasteiger partial charge in [-0.3, -0.25) is 14.4 Å². The number of benzene rings is 2. The highest BCUT2D eigenvalue weighted by atomic mass is 32.2. The zero-order valence-corrected chi connectivity index (χ0v) is 32.9. The highest BCUT2D eigenvalue weighted by Crippen LogP contribution is 2.40. The zero-order chi connectivity index (χ0) is 38.8. The molecule has 3 N–H and O–H groups in total. The van der Waals surface area contributed by atoms with Crippen LogP contribution in [0.3, 0.4) is 0 Å². The Morgan fingerprint density at radius 2 is 1.17 bits per heavy atom. The van der Waals surface area contributed by atoms with Crippen LogP contribution in [0.4, 0.5) is 5.69 Å². The van der Waals surface area contributed by atoms with Crippen molar-refractivity contribution >= 4 is 43.3 Å². The highest BCUT2D eigenvalue weighted by Gasteiger charge is 2.36. The maximum Gasteiger partial charge on any atom is 0.292 e. The third-order valence-corrected chi connectivity index (χ3v) is 15.2. The maximum atomic E-state index is 12.7. The molecule has 3 amide bonds. The van der Waals surface area contributed by atoms with Gasteiger partial charge < -0.3 is 19.9 Å². The van der Waals surface area contributed by atoms with Crippen molar-refractivity contribution in [2.75, 3.05) is 37.2 Å². The van der Waals surface area contributed by atoms with Gasteiger partial charge in [-0.1, -0.05) is 12.1 Å². The van der Waals surface area contributed by atoms with Crippen molar-refractivity contribution in [3.05, 3.63) is 56.6 Å². The minimum Gasteiger partial charge on any atom is -0.387 e. The first-order chi connectivity index (χ1) is 25.7. The third-order valence-electron chi connectivity index (χ3n) is 11.8. The number of anilines is 1.